The summed E-state index contributed by atoms with van der Waals surface area (Å²) >= 11 is 1.61. The van der Waals surface area contributed by atoms with Gasteiger partial charge in [0.2, 0.25) is 5.91 Å². The standard InChI is InChI=1S/C20H22N2O5S2/c1-3-27-20(24)15-5-7-16(8-6-15)21-29(25,26)17-9-10-19-18(13-17)22(14(2)23)11-4-12-28-19/h5-10,13,21H,3-4,11-12H2,1-2H3. The molecule has 0 radical (unpaired) electrons. The van der Waals surface area contributed by atoms with Crippen LogP contribution in [0.4, 0.5) is 11.4 Å². The van der Waals surface area contributed by atoms with Crippen LogP contribution in [0.25, 0.3) is 0 Å². The molecule has 0 bridgehead atoms. The first-order valence-corrected chi connectivity index (χ1v) is 11.6. The van der Waals surface area contributed by atoms with E-state index in [4.69, 9.17) is 4.74 Å². The zero-order valence-electron chi connectivity index (χ0n) is 16.2. The van der Waals surface area contributed by atoms with Gasteiger partial charge in [0.25, 0.3) is 10.0 Å². The van der Waals surface area contributed by atoms with Crippen LogP contribution >= 0.6 is 11.8 Å². The molecule has 7 nitrogen and oxygen atoms in total. The topological polar surface area (TPSA) is 92.8 Å². The lowest BCUT2D eigenvalue weighted by Crippen LogP contribution is -2.29. The molecule has 9 heteroatoms. The van der Waals surface area contributed by atoms with E-state index in [2.05, 4.69) is 4.72 Å². The number of hydrogen-bond acceptors (Lipinski definition) is 6. The monoisotopic (exact) mass is 434 g/mol. The minimum absolute atomic E-state index is 0.0690. The molecule has 2 aromatic carbocycles. The highest BCUT2D eigenvalue weighted by molar-refractivity contribution is 7.99. The summed E-state index contributed by atoms with van der Waals surface area (Å²) in [6, 6.07) is 10.8. The minimum atomic E-state index is -3.86. The number of thioether (sulfide) groups is 1. The number of fused-ring (bicyclic) bond motifs is 1. The molecule has 2 aromatic rings. The summed E-state index contributed by atoms with van der Waals surface area (Å²) in [5, 5.41) is 0. The zero-order chi connectivity index (χ0) is 21.0. The molecule has 1 heterocycles. The second kappa shape index (κ2) is 8.87. The Morgan fingerprint density at radius 1 is 1.17 bits per heavy atom. The van der Waals surface area contributed by atoms with E-state index in [1.807, 2.05) is 0 Å². The van der Waals surface area contributed by atoms with E-state index in [0.29, 0.717) is 23.5 Å². The molecular formula is C20H22N2O5S2. The molecular weight excluding hydrogens is 412 g/mol. The third-order valence-corrected chi connectivity index (χ3v) is 6.87. The van der Waals surface area contributed by atoms with Crippen LogP contribution in [0.1, 0.15) is 30.6 Å². The first-order chi connectivity index (χ1) is 13.8. The molecule has 0 atom stereocenters. The van der Waals surface area contributed by atoms with Gasteiger partial charge in [-0.2, -0.15) is 0 Å². The molecule has 154 valence electrons. The lowest BCUT2D eigenvalue weighted by atomic mass is 10.2. The van der Waals surface area contributed by atoms with E-state index in [-0.39, 0.29) is 17.4 Å². The second-order valence-electron chi connectivity index (χ2n) is 6.41. The Balaban J connectivity index is 1.86. The number of sulfonamides is 1. The highest BCUT2D eigenvalue weighted by Crippen LogP contribution is 2.36. The number of carbonyl (C=O) groups is 2. The van der Waals surface area contributed by atoms with Gasteiger partial charge in [0.15, 0.2) is 0 Å². The van der Waals surface area contributed by atoms with E-state index in [9.17, 15) is 18.0 Å². The van der Waals surface area contributed by atoms with Gasteiger partial charge in [-0.25, -0.2) is 13.2 Å². The van der Waals surface area contributed by atoms with Gasteiger partial charge in [0.05, 0.1) is 22.8 Å². The molecule has 0 saturated heterocycles. The molecule has 1 N–H and O–H groups in total. The fourth-order valence-corrected chi connectivity index (χ4v) is 5.01. The molecule has 3 rings (SSSR count). The summed E-state index contributed by atoms with van der Waals surface area (Å²) in [6.45, 7) is 4.01. The maximum absolute atomic E-state index is 12.9. The smallest absolute Gasteiger partial charge is 0.338 e. The van der Waals surface area contributed by atoms with Crippen LogP contribution in [0, 0.1) is 0 Å². The van der Waals surface area contributed by atoms with E-state index in [1.54, 1.807) is 29.7 Å². The number of rotatable bonds is 5. The van der Waals surface area contributed by atoms with Crippen molar-refractivity contribution < 1.29 is 22.7 Å². The van der Waals surface area contributed by atoms with Crippen molar-refractivity contribution in [3.05, 3.63) is 48.0 Å². The van der Waals surface area contributed by atoms with Crippen LogP contribution in [0.15, 0.2) is 52.3 Å². The van der Waals surface area contributed by atoms with Gasteiger partial charge in [-0.3, -0.25) is 9.52 Å². The molecule has 1 aliphatic heterocycles. The second-order valence-corrected chi connectivity index (χ2v) is 9.22. The predicted octanol–water partition coefficient (Wildman–Crippen LogP) is 3.51. The number of nitrogens with zero attached hydrogens (tertiary/aromatic N) is 1. The lowest BCUT2D eigenvalue weighted by Gasteiger charge is -2.21. The SMILES string of the molecule is CCOC(=O)c1ccc(NS(=O)(=O)c2ccc3c(c2)N(C(C)=O)CCCS3)cc1. The number of nitrogens with one attached hydrogen (secondary N) is 1. The average Bonchev–Trinajstić information content (AvgIpc) is 2.90. The number of anilines is 2. The average molecular weight is 435 g/mol. The van der Waals surface area contributed by atoms with Crippen molar-refractivity contribution in [3.63, 3.8) is 0 Å². The number of carbonyl (C=O) groups excluding carboxylic acids is 2. The number of amides is 1. The van der Waals surface area contributed by atoms with Crippen LogP contribution in [-0.4, -0.2) is 39.2 Å². The van der Waals surface area contributed by atoms with Crippen LogP contribution in [-0.2, 0) is 19.6 Å². The molecule has 0 aromatic heterocycles. The van der Waals surface area contributed by atoms with Crippen molar-refractivity contribution >= 4 is 45.0 Å². The maximum Gasteiger partial charge on any atom is 0.338 e. The Kier molecular flexibility index (Phi) is 6.49. The normalized spacial score (nSPS) is 13.9. The van der Waals surface area contributed by atoms with E-state index < -0.39 is 16.0 Å². The van der Waals surface area contributed by atoms with E-state index in [1.165, 1.54) is 43.3 Å². The third-order valence-electron chi connectivity index (χ3n) is 4.34. The Labute approximate surface area is 174 Å². The summed E-state index contributed by atoms with van der Waals surface area (Å²) in [6.07, 6.45) is 0.839. The fraction of sp³-hybridized carbons (Fsp3) is 0.300. The first-order valence-electron chi connectivity index (χ1n) is 9.17. The van der Waals surface area contributed by atoms with Gasteiger partial charge < -0.3 is 9.64 Å². The molecule has 0 unspecified atom stereocenters. The number of esters is 1. The number of ether oxygens (including phenoxy) is 1. The minimum Gasteiger partial charge on any atom is -0.462 e. The van der Waals surface area contributed by atoms with Gasteiger partial charge in [-0.1, -0.05) is 0 Å². The fourth-order valence-electron chi connectivity index (χ4n) is 2.95. The lowest BCUT2D eigenvalue weighted by molar-refractivity contribution is -0.116. The van der Waals surface area contributed by atoms with Crippen LogP contribution in [0.3, 0.4) is 0 Å². The third kappa shape index (κ3) is 4.91. The van der Waals surface area contributed by atoms with Crippen molar-refractivity contribution in [2.75, 3.05) is 28.5 Å². The van der Waals surface area contributed by atoms with Crippen LogP contribution < -0.4 is 9.62 Å². The Hall–Kier alpha value is -2.52. The molecule has 1 amide bonds. The Bertz CT molecular complexity index is 1020. The largest absolute Gasteiger partial charge is 0.462 e. The molecule has 29 heavy (non-hydrogen) atoms. The van der Waals surface area contributed by atoms with Gasteiger partial charge in [-0.15, -0.1) is 11.8 Å². The highest BCUT2D eigenvalue weighted by atomic mass is 32.2. The Morgan fingerprint density at radius 3 is 2.55 bits per heavy atom. The zero-order valence-corrected chi connectivity index (χ0v) is 17.8. The predicted molar refractivity (Wildman–Crippen MR) is 113 cm³/mol. The summed E-state index contributed by atoms with van der Waals surface area (Å²) in [7, 11) is -3.86. The summed E-state index contributed by atoms with van der Waals surface area (Å²) in [4.78, 5) is 26.3. The quantitative estimate of drug-likeness (QED) is 0.724. The summed E-state index contributed by atoms with van der Waals surface area (Å²) in [5.41, 5.74) is 1.28. The van der Waals surface area contributed by atoms with Crippen LogP contribution in [0.2, 0.25) is 0 Å². The van der Waals surface area contributed by atoms with Crippen molar-refractivity contribution in [2.24, 2.45) is 0 Å². The molecule has 0 spiro atoms. The summed E-state index contributed by atoms with van der Waals surface area (Å²) < 4.78 is 33.1. The number of benzene rings is 2. The Morgan fingerprint density at radius 2 is 1.90 bits per heavy atom. The number of hydrogen-bond donors (Lipinski definition) is 1. The summed E-state index contributed by atoms with van der Waals surface area (Å²) in [5.74, 6) is 0.286. The van der Waals surface area contributed by atoms with Crippen LogP contribution in [0.5, 0.6) is 0 Å². The molecule has 0 aliphatic carbocycles. The van der Waals surface area contributed by atoms with E-state index >= 15 is 0 Å². The van der Waals surface area contributed by atoms with Crippen molar-refractivity contribution in [2.45, 2.75) is 30.1 Å². The van der Waals surface area contributed by atoms with Gasteiger partial charge in [0, 0.05) is 24.1 Å². The molecule has 1 aliphatic rings. The van der Waals surface area contributed by atoms with E-state index in [0.717, 1.165) is 17.1 Å². The van der Waals surface area contributed by atoms with Gasteiger partial charge >= 0.3 is 5.97 Å². The highest BCUT2D eigenvalue weighted by Gasteiger charge is 2.23. The molecule has 0 fully saturated rings. The van der Waals surface area contributed by atoms with Gasteiger partial charge in [-0.05, 0) is 61.6 Å². The van der Waals surface area contributed by atoms with Gasteiger partial charge in [0.1, 0.15) is 0 Å². The van der Waals surface area contributed by atoms with Crippen molar-refractivity contribution in [1.82, 2.24) is 0 Å². The van der Waals surface area contributed by atoms with Crippen molar-refractivity contribution in [3.8, 4) is 0 Å². The molecule has 0 saturated carbocycles. The maximum atomic E-state index is 12.9. The van der Waals surface area contributed by atoms with Crippen molar-refractivity contribution in [1.29, 1.82) is 0 Å². The first kappa shape index (κ1) is 21.2.